The average Bonchev–Trinajstić information content (AvgIpc) is 2.95. The van der Waals surface area contributed by atoms with Gasteiger partial charge in [0, 0.05) is 12.2 Å². The van der Waals surface area contributed by atoms with Crippen LogP contribution in [-0.2, 0) is 6.42 Å². The van der Waals surface area contributed by atoms with E-state index in [1.54, 1.807) is 4.52 Å². The monoisotopic (exact) mass is 287 g/mol. The van der Waals surface area contributed by atoms with Crippen LogP contribution < -0.4 is 0 Å². The fourth-order valence-corrected chi connectivity index (χ4v) is 3.29. The molecule has 0 unspecified atom stereocenters. The highest BCUT2D eigenvalue weighted by molar-refractivity contribution is 5.38. The van der Waals surface area contributed by atoms with Gasteiger partial charge in [0.25, 0.3) is 0 Å². The number of aromatic nitrogens is 4. The first kappa shape index (κ1) is 14.4. The predicted molar refractivity (Wildman–Crippen MR) is 83.2 cm³/mol. The van der Waals surface area contributed by atoms with Crippen LogP contribution in [0.15, 0.2) is 18.3 Å². The lowest BCUT2D eigenvalue weighted by Crippen LogP contribution is -2.38. The van der Waals surface area contributed by atoms with Gasteiger partial charge < -0.3 is 4.90 Å². The van der Waals surface area contributed by atoms with Gasteiger partial charge in [-0.1, -0.05) is 6.42 Å². The van der Waals surface area contributed by atoms with Gasteiger partial charge in [0.15, 0.2) is 5.65 Å². The molecule has 0 aromatic carbocycles. The van der Waals surface area contributed by atoms with Crippen molar-refractivity contribution in [1.29, 1.82) is 0 Å². The molecule has 1 aliphatic rings. The molecule has 0 atom stereocenters. The van der Waals surface area contributed by atoms with Gasteiger partial charge in [-0.25, -0.2) is 4.52 Å². The Bertz CT molecular complexity index is 569. The van der Waals surface area contributed by atoms with E-state index in [0.717, 1.165) is 18.0 Å². The van der Waals surface area contributed by atoms with Gasteiger partial charge in [-0.3, -0.25) is 0 Å². The van der Waals surface area contributed by atoms with E-state index < -0.39 is 0 Å². The SMILES string of the molecule is CC(C)N1CCC(CCCc2ccn3nnnc3c2)CC1. The Morgan fingerprint density at radius 1 is 1.29 bits per heavy atom. The van der Waals surface area contributed by atoms with Crippen LogP contribution in [0.4, 0.5) is 0 Å². The van der Waals surface area contributed by atoms with Crippen molar-refractivity contribution in [3.63, 3.8) is 0 Å². The minimum atomic E-state index is 0.703. The Morgan fingerprint density at radius 3 is 2.86 bits per heavy atom. The molecule has 0 bridgehead atoms. The molecule has 2 aromatic heterocycles. The van der Waals surface area contributed by atoms with Crippen molar-refractivity contribution in [1.82, 2.24) is 24.9 Å². The van der Waals surface area contributed by atoms with Crippen LogP contribution in [0.1, 0.15) is 45.1 Å². The number of pyridine rings is 1. The molecule has 21 heavy (non-hydrogen) atoms. The summed E-state index contributed by atoms with van der Waals surface area (Å²) in [6, 6.07) is 4.93. The summed E-state index contributed by atoms with van der Waals surface area (Å²) in [5.74, 6) is 0.915. The van der Waals surface area contributed by atoms with Crippen LogP contribution in [0, 0.1) is 5.92 Å². The summed E-state index contributed by atoms with van der Waals surface area (Å²) >= 11 is 0. The molecule has 5 nitrogen and oxygen atoms in total. The van der Waals surface area contributed by atoms with Gasteiger partial charge in [0.05, 0.1) is 0 Å². The second kappa shape index (κ2) is 6.52. The number of likely N-dealkylation sites (tertiary alicyclic amines) is 1. The molecule has 0 spiro atoms. The van der Waals surface area contributed by atoms with Crippen LogP contribution in [-0.4, -0.2) is 44.1 Å². The molecule has 0 saturated carbocycles. The first-order valence-electron chi connectivity index (χ1n) is 8.13. The van der Waals surface area contributed by atoms with Crippen LogP contribution >= 0.6 is 0 Å². The second-order valence-electron chi connectivity index (χ2n) is 6.48. The summed E-state index contributed by atoms with van der Waals surface area (Å²) in [4.78, 5) is 2.60. The molecule has 114 valence electrons. The molecule has 0 amide bonds. The zero-order valence-electron chi connectivity index (χ0n) is 13.1. The van der Waals surface area contributed by atoms with Gasteiger partial charge in [-0.05, 0) is 86.7 Å². The zero-order valence-corrected chi connectivity index (χ0v) is 13.1. The van der Waals surface area contributed by atoms with Crippen molar-refractivity contribution in [2.45, 2.75) is 52.0 Å². The third kappa shape index (κ3) is 3.59. The minimum absolute atomic E-state index is 0.703. The molecule has 0 N–H and O–H groups in total. The average molecular weight is 287 g/mol. The van der Waals surface area contributed by atoms with Gasteiger partial charge >= 0.3 is 0 Å². The Balaban J connectivity index is 1.44. The van der Waals surface area contributed by atoms with E-state index in [1.165, 1.54) is 44.3 Å². The Morgan fingerprint density at radius 2 is 2.10 bits per heavy atom. The summed E-state index contributed by atoms with van der Waals surface area (Å²) in [5, 5.41) is 11.6. The summed E-state index contributed by atoms with van der Waals surface area (Å²) < 4.78 is 1.71. The number of hydrogen-bond donors (Lipinski definition) is 0. The van der Waals surface area contributed by atoms with Gasteiger partial charge in [-0.15, -0.1) is 5.10 Å². The highest BCUT2D eigenvalue weighted by Crippen LogP contribution is 2.23. The van der Waals surface area contributed by atoms with E-state index in [1.807, 2.05) is 6.20 Å². The third-order valence-electron chi connectivity index (χ3n) is 4.72. The third-order valence-corrected chi connectivity index (χ3v) is 4.72. The molecular formula is C16H25N5. The number of piperidine rings is 1. The van der Waals surface area contributed by atoms with Crippen molar-refractivity contribution in [3.8, 4) is 0 Å². The number of rotatable bonds is 5. The van der Waals surface area contributed by atoms with E-state index in [-0.39, 0.29) is 0 Å². The smallest absolute Gasteiger partial charge is 0.179 e. The Kier molecular flexibility index (Phi) is 4.48. The molecule has 1 fully saturated rings. The topological polar surface area (TPSA) is 46.3 Å². The fourth-order valence-electron chi connectivity index (χ4n) is 3.29. The second-order valence-corrected chi connectivity index (χ2v) is 6.48. The van der Waals surface area contributed by atoms with Gasteiger partial charge in [0.1, 0.15) is 0 Å². The molecule has 0 aliphatic carbocycles. The summed E-state index contributed by atoms with van der Waals surface area (Å²) in [5.41, 5.74) is 2.19. The van der Waals surface area contributed by atoms with Crippen molar-refractivity contribution >= 4 is 5.65 Å². The Hall–Kier alpha value is -1.49. The van der Waals surface area contributed by atoms with Crippen LogP contribution in [0.25, 0.3) is 5.65 Å². The lowest BCUT2D eigenvalue weighted by Gasteiger charge is -2.34. The van der Waals surface area contributed by atoms with Crippen molar-refractivity contribution < 1.29 is 0 Å². The van der Waals surface area contributed by atoms with Crippen LogP contribution in [0.5, 0.6) is 0 Å². The summed E-state index contributed by atoms with van der Waals surface area (Å²) in [6.45, 7) is 7.16. The van der Waals surface area contributed by atoms with Crippen molar-refractivity contribution in [3.05, 3.63) is 23.9 Å². The number of aryl methyl sites for hydroxylation is 1. The fraction of sp³-hybridized carbons (Fsp3) is 0.688. The maximum absolute atomic E-state index is 4.00. The van der Waals surface area contributed by atoms with Gasteiger partial charge in [0.2, 0.25) is 0 Å². The predicted octanol–water partition coefficient (Wildman–Crippen LogP) is 2.57. The molecule has 3 heterocycles. The van der Waals surface area contributed by atoms with E-state index >= 15 is 0 Å². The molecule has 1 saturated heterocycles. The lowest BCUT2D eigenvalue weighted by molar-refractivity contribution is 0.145. The number of tetrazole rings is 1. The molecule has 0 radical (unpaired) electrons. The lowest BCUT2D eigenvalue weighted by atomic mass is 9.90. The summed E-state index contributed by atoms with van der Waals surface area (Å²) in [7, 11) is 0. The first-order chi connectivity index (χ1) is 10.2. The van der Waals surface area contributed by atoms with E-state index in [9.17, 15) is 0 Å². The van der Waals surface area contributed by atoms with Crippen LogP contribution in [0.3, 0.4) is 0 Å². The van der Waals surface area contributed by atoms with Gasteiger partial charge in [-0.2, -0.15) is 0 Å². The highest BCUT2D eigenvalue weighted by Gasteiger charge is 2.20. The van der Waals surface area contributed by atoms with Crippen LogP contribution in [0.2, 0.25) is 0 Å². The van der Waals surface area contributed by atoms with Crippen molar-refractivity contribution in [2.75, 3.05) is 13.1 Å². The summed E-state index contributed by atoms with van der Waals surface area (Å²) in [6.07, 6.45) is 8.43. The maximum atomic E-state index is 4.00. The number of fused-ring (bicyclic) bond motifs is 1. The maximum Gasteiger partial charge on any atom is 0.179 e. The number of nitrogens with zero attached hydrogens (tertiary/aromatic N) is 5. The van der Waals surface area contributed by atoms with E-state index in [4.69, 9.17) is 0 Å². The molecule has 5 heteroatoms. The van der Waals surface area contributed by atoms with E-state index in [0.29, 0.717) is 6.04 Å². The standard InChI is InChI=1S/C16H25N5/c1-13(2)20-9-6-14(7-10-20)4-3-5-15-8-11-21-16(12-15)17-18-19-21/h8,11-14H,3-7,9-10H2,1-2H3. The normalized spacial score (nSPS) is 17.9. The molecule has 2 aromatic rings. The minimum Gasteiger partial charge on any atom is -0.301 e. The molecule has 3 rings (SSSR count). The largest absolute Gasteiger partial charge is 0.301 e. The Labute approximate surface area is 126 Å². The van der Waals surface area contributed by atoms with Crippen molar-refractivity contribution in [2.24, 2.45) is 5.92 Å². The highest BCUT2D eigenvalue weighted by atomic mass is 15.5. The van der Waals surface area contributed by atoms with E-state index in [2.05, 4.69) is 46.4 Å². The molecular weight excluding hydrogens is 262 g/mol. The first-order valence-corrected chi connectivity index (χ1v) is 8.13. The molecule has 1 aliphatic heterocycles. The number of hydrogen-bond acceptors (Lipinski definition) is 4. The quantitative estimate of drug-likeness (QED) is 0.848. The zero-order chi connectivity index (χ0) is 14.7.